The average molecular weight is 466 g/mol. The maximum absolute atomic E-state index is 6.22. The molecule has 0 aliphatic carbocycles. The summed E-state index contributed by atoms with van der Waals surface area (Å²) in [6.45, 7) is 6.08. The number of rotatable bonds is 5. The van der Waals surface area contributed by atoms with E-state index in [1.165, 1.54) is 0 Å². The molecule has 2 rings (SSSR count). The van der Waals surface area contributed by atoms with E-state index < -0.39 is 5.54 Å². The summed E-state index contributed by atoms with van der Waals surface area (Å²) in [5.41, 5.74) is 6.32. The molecule has 0 aliphatic heterocycles. The summed E-state index contributed by atoms with van der Waals surface area (Å²) in [6.07, 6.45) is 0.102. The van der Waals surface area contributed by atoms with Crippen LogP contribution in [0, 0.1) is 3.57 Å². The van der Waals surface area contributed by atoms with Crippen LogP contribution >= 0.6 is 38.5 Å². The molecule has 1 heterocycles. The molecule has 21 heavy (non-hydrogen) atoms. The predicted molar refractivity (Wildman–Crippen MR) is 92.8 cm³/mol. The molecule has 1 unspecified atom stereocenters. The first kappa shape index (κ1) is 16.9. The van der Waals surface area contributed by atoms with Gasteiger partial charge in [0, 0.05) is 8.04 Å². The van der Waals surface area contributed by atoms with Gasteiger partial charge in [-0.3, -0.25) is 0 Å². The first-order valence-corrected chi connectivity index (χ1v) is 8.37. The third-order valence-electron chi connectivity index (χ3n) is 2.81. The van der Waals surface area contributed by atoms with Crippen molar-refractivity contribution in [3.05, 3.63) is 32.1 Å². The van der Waals surface area contributed by atoms with E-state index in [9.17, 15) is 0 Å². The van der Waals surface area contributed by atoms with Crippen molar-refractivity contribution in [2.75, 3.05) is 6.61 Å². The largest absolute Gasteiger partial charge is 0.376 e. The van der Waals surface area contributed by atoms with Gasteiger partial charge in [-0.2, -0.15) is 4.98 Å². The van der Waals surface area contributed by atoms with Crippen LogP contribution in [0.4, 0.5) is 0 Å². The minimum Gasteiger partial charge on any atom is -0.376 e. The lowest BCUT2D eigenvalue weighted by molar-refractivity contribution is 0.0410. The number of hydrogen-bond donors (Lipinski definition) is 1. The van der Waals surface area contributed by atoms with Crippen LogP contribution in [0.3, 0.4) is 0 Å². The zero-order chi connectivity index (χ0) is 15.6. The van der Waals surface area contributed by atoms with E-state index in [-0.39, 0.29) is 6.10 Å². The fourth-order valence-corrected chi connectivity index (χ4v) is 2.56. The lowest BCUT2D eigenvalue weighted by Gasteiger charge is -2.21. The molecule has 2 aromatic rings. The van der Waals surface area contributed by atoms with Crippen molar-refractivity contribution >= 4 is 38.5 Å². The van der Waals surface area contributed by atoms with E-state index in [1.54, 1.807) is 0 Å². The van der Waals surface area contributed by atoms with Gasteiger partial charge in [0.1, 0.15) is 5.54 Å². The second-order valence-electron chi connectivity index (χ2n) is 5.32. The van der Waals surface area contributed by atoms with Gasteiger partial charge in [-0.25, -0.2) is 0 Å². The highest BCUT2D eigenvalue weighted by atomic mass is 127. The Labute approximate surface area is 145 Å². The molecule has 1 aromatic heterocycles. The lowest BCUT2D eigenvalue weighted by Crippen LogP contribution is -2.40. The Morgan fingerprint density at radius 2 is 2.19 bits per heavy atom. The van der Waals surface area contributed by atoms with E-state index in [0.717, 1.165) is 13.6 Å². The lowest BCUT2D eigenvalue weighted by atomic mass is 10.1. The summed E-state index contributed by atoms with van der Waals surface area (Å²) in [6, 6.07) is 5.89. The van der Waals surface area contributed by atoms with Crippen LogP contribution < -0.4 is 5.73 Å². The molecule has 0 saturated heterocycles. The number of ether oxygens (including phenoxy) is 1. The van der Waals surface area contributed by atoms with Crippen molar-refractivity contribution in [3.63, 3.8) is 0 Å². The molecule has 0 fully saturated rings. The third-order valence-corrected chi connectivity index (χ3v) is 4.25. The fraction of sp³-hybridized carbons (Fsp3) is 0.429. The van der Waals surface area contributed by atoms with Crippen LogP contribution in [0.1, 0.15) is 26.6 Å². The van der Waals surface area contributed by atoms with Crippen molar-refractivity contribution in [3.8, 4) is 11.5 Å². The van der Waals surface area contributed by atoms with Gasteiger partial charge in [0.15, 0.2) is 5.82 Å². The van der Waals surface area contributed by atoms with E-state index >= 15 is 0 Å². The van der Waals surface area contributed by atoms with Crippen molar-refractivity contribution in [1.82, 2.24) is 10.1 Å². The van der Waals surface area contributed by atoms with Gasteiger partial charge < -0.3 is 15.0 Å². The summed E-state index contributed by atoms with van der Waals surface area (Å²) >= 11 is 5.67. The molecule has 0 spiro atoms. The number of halogens is 2. The maximum atomic E-state index is 6.22. The van der Waals surface area contributed by atoms with Gasteiger partial charge >= 0.3 is 0 Å². The van der Waals surface area contributed by atoms with Gasteiger partial charge in [-0.1, -0.05) is 21.1 Å². The first-order chi connectivity index (χ1) is 9.79. The summed E-state index contributed by atoms with van der Waals surface area (Å²) in [4.78, 5) is 4.42. The topological polar surface area (TPSA) is 74.2 Å². The summed E-state index contributed by atoms with van der Waals surface area (Å²) in [5, 5.41) is 4.00. The Balaban J connectivity index is 2.27. The monoisotopic (exact) mass is 465 g/mol. The average Bonchev–Trinajstić information content (AvgIpc) is 2.90. The zero-order valence-electron chi connectivity index (χ0n) is 12.1. The van der Waals surface area contributed by atoms with Gasteiger partial charge in [0.25, 0.3) is 5.89 Å². The molecule has 2 N–H and O–H groups in total. The highest BCUT2D eigenvalue weighted by Crippen LogP contribution is 2.28. The second-order valence-corrected chi connectivity index (χ2v) is 7.40. The molecule has 0 saturated carbocycles. The number of nitrogens with two attached hydrogens (primary N) is 1. The van der Waals surface area contributed by atoms with Crippen LogP contribution in [-0.2, 0) is 10.3 Å². The van der Waals surface area contributed by atoms with E-state index in [0.29, 0.717) is 18.3 Å². The van der Waals surface area contributed by atoms with Crippen LogP contribution in [0.25, 0.3) is 11.5 Å². The van der Waals surface area contributed by atoms with Crippen LogP contribution in [0.2, 0.25) is 0 Å². The molecule has 0 radical (unpaired) electrons. The third kappa shape index (κ3) is 4.24. The Morgan fingerprint density at radius 1 is 1.48 bits per heavy atom. The minimum atomic E-state index is -0.788. The molecular weight excluding hydrogens is 449 g/mol. The van der Waals surface area contributed by atoms with Gasteiger partial charge in [0.2, 0.25) is 0 Å². The van der Waals surface area contributed by atoms with E-state index in [1.807, 2.05) is 39.0 Å². The van der Waals surface area contributed by atoms with Crippen molar-refractivity contribution in [1.29, 1.82) is 0 Å². The van der Waals surface area contributed by atoms with Gasteiger partial charge in [-0.05, 0) is 61.6 Å². The SMILES string of the molecule is CC(C)OCC(C)(N)c1noc(-c2cc(Br)ccc2I)n1. The molecule has 5 nitrogen and oxygen atoms in total. The van der Waals surface area contributed by atoms with Crippen LogP contribution in [0.15, 0.2) is 27.2 Å². The summed E-state index contributed by atoms with van der Waals surface area (Å²) < 4.78 is 12.9. The van der Waals surface area contributed by atoms with Crippen LogP contribution in [-0.4, -0.2) is 22.9 Å². The number of benzene rings is 1. The van der Waals surface area contributed by atoms with E-state index in [2.05, 4.69) is 48.7 Å². The fourth-order valence-electron chi connectivity index (χ4n) is 1.63. The van der Waals surface area contributed by atoms with E-state index in [4.69, 9.17) is 15.0 Å². The first-order valence-electron chi connectivity index (χ1n) is 6.49. The number of hydrogen-bond acceptors (Lipinski definition) is 5. The molecule has 0 aliphatic rings. The Bertz CT molecular complexity index is 628. The normalized spacial score (nSPS) is 14.4. The molecule has 0 amide bonds. The number of aromatic nitrogens is 2. The zero-order valence-corrected chi connectivity index (χ0v) is 15.8. The smallest absolute Gasteiger partial charge is 0.259 e. The number of nitrogens with zero attached hydrogens (tertiary/aromatic N) is 2. The van der Waals surface area contributed by atoms with Crippen LogP contribution in [0.5, 0.6) is 0 Å². The van der Waals surface area contributed by atoms with Crippen molar-refractivity contribution in [2.24, 2.45) is 5.73 Å². The second kappa shape index (κ2) is 6.72. The molecule has 7 heteroatoms. The van der Waals surface area contributed by atoms with Crippen molar-refractivity contribution < 1.29 is 9.26 Å². The molecule has 0 bridgehead atoms. The molecule has 1 atom stereocenters. The molecular formula is C14H17BrIN3O2. The Morgan fingerprint density at radius 3 is 2.86 bits per heavy atom. The van der Waals surface area contributed by atoms with Gasteiger partial charge in [0.05, 0.1) is 18.3 Å². The van der Waals surface area contributed by atoms with Crippen molar-refractivity contribution in [2.45, 2.75) is 32.4 Å². The Kier molecular flexibility index (Phi) is 5.39. The Hall–Kier alpha value is -0.510. The maximum Gasteiger partial charge on any atom is 0.259 e. The molecule has 1 aromatic carbocycles. The summed E-state index contributed by atoms with van der Waals surface area (Å²) in [5.74, 6) is 0.894. The highest BCUT2D eigenvalue weighted by Gasteiger charge is 2.29. The molecule has 114 valence electrons. The summed E-state index contributed by atoms with van der Waals surface area (Å²) in [7, 11) is 0. The standard InChI is InChI=1S/C14H17BrIN3O2/c1-8(2)20-7-14(3,17)13-18-12(21-19-13)10-6-9(15)4-5-11(10)16/h4-6,8H,7,17H2,1-3H3. The quantitative estimate of drug-likeness (QED) is 0.681. The minimum absolute atomic E-state index is 0.102. The highest BCUT2D eigenvalue weighted by molar-refractivity contribution is 14.1. The predicted octanol–water partition coefficient (Wildman–Crippen LogP) is 3.70. The van der Waals surface area contributed by atoms with Gasteiger partial charge in [-0.15, -0.1) is 0 Å².